The van der Waals surface area contributed by atoms with Crippen molar-refractivity contribution in [2.45, 2.75) is 20.4 Å². The number of hydrogen-bond donors (Lipinski definition) is 3. The SMILES string of the molecule is Cc1cc(CNCCN)cc(C)c1NC(=O)c1cc(Cl)nc(Cl)n1. The Morgan fingerprint density at radius 1 is 1.17 bits per heavy atom. The largest absolute Gasteiger partial charge is 0.329 e. The first-order chi connectivity index (χ1) is 11.4. The highest BCUT2D eigenvalue weighted by molar-refractivity contribution is 6.32. The highest BCUT2D eigenvalue weighted by atomic mass is 35.5. The molecular formula is C16H19Cl2N5O. The summed E-state index contributed by atoms with van der Waals surface area (Å²) in [4.78, 5) is 20.0. The van der Waals surface area contributed by atoms with E-state index in [9.17, 15) is 4.79 Å². The van der Waals surface area contributed by atoms with E-state index in [1.807, 2.05) is 26.0 Å². The quantitative estimate of drug-likeness (QED) is 0.414. The lowest BCUT2D eigenvalue weighted by atomic mass is 10.0. The monoisotopic (exact) mass is 367 g/mol. The fraction of sp³-hybridized carbons (Fsp3) is 0.312. The van der Waals surface area contributed by atoms with Gasteiger partial charge in [-0.1, -0.05) is 23.7 Å². The van der Waals surface area contributed by atoms with Crippen molar-refractivity contribution < 1.29 is 4.79 Å². The number of carbonyl (C=O) groups excluding carboxylic acids is 1. The maximum absolute atomic E-state index is 12.4. The average molecular weight is 368 g/mol. The van der Waals surface area contributed by atoms with E-state index in [0.717, 1.165) is 35.5 Å². The predicted octanol–water partition coefficient (Wildman–Crippen LogP) is 2.70. The Morgan fingerprint density at radius 2 is 1.83 bits per heavy atom. The molecule has 1 aromatic carbocycles. The third kappa shape index (κ3) is 4.88. The standard InChI is InChI=1S/C16H19Cl2N5O/c1-9-5-11(8-20-4-3-19)6-10(2)14(9)23-15(24)12-7-13(17)22-16(18)21-12/h5-7,20H,3-4,8,19H2,1-2H3,(H,23,24). The molecule has 2 rings (SSSR count). The molecule has 4 N–H and O–H groups in total. The minimum absolute atomic E-state index is 0.0672. The van der Waals surface area contributed by atoms with Gasteiger partial charge in [-0.15, -0.1) is 0 Å². The molecule has 0 unspecified atom stereocenters. The molecule has 128 valence electrons. The zero-order valence-corrected chi connectivity index (χ0v) is 15.0. The second-order valence-corrected chi connectivity index (χ2v) is 6.09. The van der Waals surface area contributed by atoms with Crippen LogP contribution in [-0.4, -0.2) is 29.0 Å². The van der Waals surface area contributed by atoms with Gasteiger partial charge in [-0.25, -0.2) is 9.97 Å². The number of rotatable bonds is 6. The number of nitrogens with two attached hydrogens (primary N) is 1. The molecule has 0 bridgehead atoms. The van der Waals surface area contributed by atoms with Crippen LogP contribution in [0.3, 0.4) is 0 Å². The molecule has 0 aliphatic rings. The molecule has 1 heterocycles. The number of aromatic nitrogens is 2. The molecule has 0 saturated carbocycles. The van der Waals surface area contributed by atoms with Crippen LogP contribution in [0.15, 0.2) is 18.2 Å². The van der Waals surface area contributed by atoms with E-state index >= 15 is 0 Å². The Kier molecular flexibility index (Phi) is 6.51. The first kappa shape index (κ1) is 18.6. The molecule has 0 saturated heterocycles. The molecule has 1 aromatic heterocycles. The molecule has 0 spiro atoms. The maximum atomic E-state index is 12.4. The lowest BCUT2D eigenvalue weighted by molar-refractivity contribution is 0.102. The third-order valence-electron chi connectivity index (χ3n) is 3.38. The third-order valence-corrected chi connectivity index (χ3v) is 3.74. The first-order valence-corrected chi connectivity index (χ1v) is 8.18. The van der Waals surface area contributed by atoms with Crippen LogP contribution < -0.4 is 16.4 Å². The molecule has 0 aliphatic heterocycles. The Hall–Kier alpha value is -1.73. The number of carbonyl (C=O) groups is 1. The van der Waals surface area contributed by atoms with E-state index in [4.69, 9.17) is 28.9 Å². The van der Waals surface area contributed by atoms with Crippen molar-refractivity contribution in [2.24, 2.45) is 5.73 Å². The second kappa shape index (κ2) is 8.39. The molecular weight excluding hydrogens is 349 g/mol. The van der Waals surface area contributed by atoms with E-state index in [2.05, 4.69) is 20.6 Å². The van der Waals surface area contributed by atoms with Crippen LogP contribution in [0, 0.1) is 13.8 Å². The van der Waals surface area contributed by atoms with Crippen LogP contribution in [0.5, 0.6) is 0 Å². The van der Waals surface area contributed by atoms with Crippen LogP contribution in [0.4, 0.5) is 5.69 Å². The Bertz CT molecular complexity index is 708. The van der Waals surface area contributed by atoms with Gasteiger partial charge in [0.05, 0.1) is 0 Å². The number of nitrogens with zero attached hydrogens (tertiary/aromatic N) is 2. The molecule has 6 nitrogen and oxygen atoms in total. The highest BCUT2D eigenvalue weighted by Gasteiger charge is 2.14. The van der Waals surface area contributed by atoms with Gasteiger partial charge in [-0.05, 0) is 42.1 Å². The van der Waals surface area contributed by atoms with Crippen LogP contribution in [0.1, 0.15) is 27.2 Å². The van der Waals surface area contributed by atoms with E-state index < -0.39 is 0 Å². The van der Waals surface area contributed by atoms with E-state index in [0.29, 0.717) is 6.54 Å². The normalized spacial score (nSPS) is 10.7. The summed E-state index contributed by atoms with van der Waals surface area (Å²) in [5.41, 5.74) is 9.38. The summed E-state index contributed by atoms with van der Waals surface area (Å²) in [5.74, 6) is -0.388. The summed E-state index contributed by atoms with van der Waals surface area (Å²) in [6, 6.07) is 5.41. The Labute approximate surface area is 150 Å². The Morgan fingerprint density at radius 3 is 2.42 bits per heavy atom. The van der Waals surface area contributed by atoms with Crippen LogP contribution in [-0.2, 0) is 6.54 Å². The zero-order valence-electron chi connectivity index (χ0n) is 13.5. The summed E-state index contributed by atoms with van der Waals surface area (Å²) >= 11 is 11.5. The molecule has 0 aliphatic carbocycles. The van der Waals surface area contributed by atoms with Gasteiger partial charge < -0.3 is 16.4 Å². The molecule has 0 atom stereocenters. The predicted molar refractivity (Wildman–Crippen MR) is 96.7 cm³/mol. The first-order valence-electron chi connectivity index (χ1n) is 7.43. The minimum Gasteiger partial charge on any atom is -0.329 e. The summed E-state index contributed by atoms with van der Waals surface area (Å²) in [7, 11) is 0. The zero-order chi connectivity index (χ0) is 17.7. The number of benzene rings is 1. The van der Waals surface area contributed by atoms with Gasteiger partial charge in [0, 0.05) is 31.4 Å². The number of halogens is 2. The van der Waals surface area contributed by atoms with Gasteiger partial charge >= 0.3 is 0 Å². The van der Waals surface area contributed by atoms with Crippen molar-refractivity contribution >= 4 is 34.8 Å². The van der Waals surface area contributed by atoms with Gasteiger partial charge in [-0.2, -0.15) is 0 Å². The Balaban J connectivity index is 2.18. The number of nitrogens with one attached hydrogen (secondary N) is 2. The summed E-state index contributed by atoms with van der Waals surface area (Å²) in [6.07, 6.45) is 0. The van der Waals surface area contributed by atoms with Crippen molar-refractivity contribution in [1.82, 2.24) is 15.3 Å². The van der Waals surface area contributed by atoms with Gasteiger partial charge in [-0.3, -0.25) is 4.79 Å². The van der Waals surface area contributed by atoms with Crippen molar-refractivity contribution in [3.63, 3.8) is 0 Å². The molecule has 1 amide bonds. The summed E-state index contributed by atoms with van der Waals surface area (Å²) in [6.45, 7) is 5.95. The number of hydrogen-bond acceptors (Lipinski definition) is 5. The molecule has 2 aromatic rings. The van der Waals surface area contributed by atoms with Crippen molar-refractivity contribution in [1.29, 1.82) is 0 Å². The second-order valence-electron chi connectivity index (χ2n) is 5.37. The fourth-order valence-corrected chi connectivity index (χ4v) is 2.78. The van der Waals surface area contributed by atoms with E-state index in [1.54, 1.807) is 0 Å². The lowest BCUT2D eigenvalue weighted by Gasteiger charge is -2.14. The van der Waals surface area contributed by atoms with Crippen LogP contribution in [0.25, 0.3) is 0 Å². The van der Waals surface area contributed by atoms with Gasteiger partial charge in [0.25, 0.3) is 5.91 Å². The molecule has 0 radical (unpaired) electrons. The summed E-state index contributed by atoms with van der Waals surface area (Å²) in [5, 5.41) is 6.16. The highest BCUT2D eigenvalue weighted by Crippen LogP contribution is 2.23. The minimum atomic E-state index is -0.388. The number of aryl methyl sites for hydroxylation is 2. The van der Waals surface area contributed by atoms with Gasteiger partial charge in [0.2, 0.25) is 5.28 Å². The summed E-state index contributed by atoms with van der Waals surface area (Å²) < 4.78 is 0. The average Bonchev–Trinajstić information content (AvgIpc) is 2.50. The van der Waals surface area contributed by atoms with Gasteiger partial charge in [0.15, 0.2) is 0 Å². The van der Waals surface area contributed by atoms with Crippen molar-refractivity contribution in [3.05, 3.63) is 51.0 Å². The topological polar surface area (TPSA) is 92.9 Å². The number of anilines is 1. The van der Waals surface area contributed by atoms with Crippen molar-refractivity contribution in [3.8, 4) is 0 Å². The molecule has 8 heteroatoms. The molecule has 24 heavy (non-hydrogen) atoms. The maximum Gasteiger partial charge on any atom is 0.274 e. The van der Waals surface area contributed by atoms with Crippen LogP contribution >= 0.6 is 23.2 Å². The fourth-order valence-electron chi connectivity index (χ4n) is 2.37. The lowest BCUT2D eigenvalue weighted by Crippen LogP contribution is -2.22. The van der Waals surface area contributed by atoms with Crippen molar-refractivity contribution in [2.75, 3.05) is 18.4 Å². The van der Waals surface area contributed by atoms with E-state index in [-0.39, 0.29) is 22.0 Å². The van der Waals surface area contributed by atoms with Gasteiger partial charge in [0.1, 0.15) is 10.8 Å². The van der Waals surface area contributed by atoms with Crippen LogP contribution in [0.2, 0.25) is 10.4 Å². The molecule has 0 fully saturated rings. The number of amides is 1. The van der Waals surface area contributed by atoms with E-state index in [1.165, 1.54) is 6.07 Å². The smallest absolute Gasteiger partial charge is 0.274 e.